The van der Waals surface area contributed by atoms with Crippen LogP contribution in [-0.2, 0) is 0 Å². The smallest absolute Gasteiger partial charge is 0.147 e. The fourth-order valence-corrected chi connectivity index (χ4v) is 3.32. The summed E-state index contributed by atoms with van der Waals surface area (Å²) in [5.74, 6) is 2.57. The van der Waals surface area contributed by atoms with E-state index in [1.807, 2.05) is 42.1 Å². The largest absolute Gasteiger partial charge is 0.409 e. The molecule has 1 aliphatic heterocycles. The van der Waals surface area contributed by atoms with Crippen LogP contribution in [0.2, 0.25) is 0 Å². The van der Waals surface area contributed by atoms with Gasteiger partial charge < -0.3 is 16.3 Å². The van der Waals surface area contributed by atoms with Gasteiger partial charge in [-0.25, -0.2) is 0 Å². The van der Waals surface area contributed by atoms with Crippen molar-refractivity contribution in [3.63, 3.8) is 0 Å². The lowest BCUT2D eigenvalue weighted by molar-refractivity contribution is 0.315. The molecule has 0 aromatic heterocycles. The van der Waals surface area contributed by atoms with Gasteiger partial charge in [-0.1, -0.05) is 35.5 Å². The summed E-state index contributed by atoms with van der Waals surface area (Å²) in [6.45, 7) is 0.713. The minimum atomic E-state index is -0.0678. The van der Waals surface area contributed by atoms with Crippen LogP contribution in [0, 0.1) is 0 Å². The summed E-state index contributed by atoms with van der Waals surface area (Å²) < 4.78 is 0. The van der Waals surface area contributed by atoms with E-state index in [0.717, 1.165) is 11.3 Å². The highest BCUT2D eigenvalue weighted by Crippen LogP contribution is 2.19. The molecule has 98 valence electrons. The zero-order valence-electron chi connectivity index (χ0n) is 10.2. The zero-order chi connectivity index (χ0) is 12.8. The summed E-state index contributed by atoms with van der Waals surface area (Å²) in [5, 5.41) is 15.6. The van der Waals surface area contributed by atoms with E-state index < -0.39 is 0 Å². The number of benzene rings is 1. The molecule has 0 amide bonds. The Morgan fingerprint density at radius 3 is 2.89 bits per heavy atom. The predicted octanol–water partition coefficient (Wildman–Crippen LogP) is 1.61. The van der Waals surface area contributed by atoms with E-state index in [0.29, 0.717) is 12.6 Å². The Morgan fingerprint density at radius 2 is 2.28 bits per heavy atom. The summed E-state index contributed by atoms with van der Waals surface area (Å²) in [5.41, 5.74) is 6.86. The number of nitrogens with zero attached hydrogens (tertiary/aromatic N) is 1. The van der Waals surface area contributed by atoms with Crippen LogP contribution in [0.15, 0.2) is 35.5 Å². The standard InChI is InChI=1S/C13H19N3OS/c14-13(16-17)12(10-4-2-1-3-5-10)8-15-11-6-7-18-9-11/h1-5,11-12,15,17H,6-9H2,(H2,14,16). The van der Waals surface area contributed by atoms with Crippen molar-refractivity contribution in [2.24, 2.45) is 10.9 Å². The second-order valence-corrected chi connectivity index (χ2v) is 5.61. The Labute approximate surface area is 112 Å². The fourth-order valence-electron chi connectivity index (χ4n) is 2.13. The summed E-state index contributed by atoms with van der Waals surface area (Å²) in [6.07, 6.45) is 1.20. The van der Waals surface area contributed by atoms with E-state index in [2.05, 4.69) is 10.5 Å². The van der Waals surface area contributed by atoms with E-state index in [1.165, 1.54) is 12.2 Å². The summed E-state index contributed by atoms with van der Waals surface area (Å²) in [6, 6.07) is 10.5. The summed E-state index contributed by atoms with van der Waals surface area (Å²) in [4.78, 5) is 0. The van der Waals surface area contributed by atoms with Gasteiger partial charge in [-0.05, 0) is 17.7 Å². The van der Waals surface area contributed by atoms with Crippen molar-refractivity contribution in [1.29, 1.82) is 0 Å². The van der Waals surface area contributed by atoms with Crippen LogP contribution in [0.4, 0.5) is 0 Å². The molecule has 1 aliphatic rings. The number of nitrogens with one attached hydrogen (secondary N) is 1. The first-order valence-corrected chi connectivity index (χ1v) is 7.30. The van der Waals surface area contributed by atoms with Gasteiger partial charge in [0.05, 0.1) is 5.92 Å². The molecule has 0 radical (unpaired) electrons. The molecule has 0 bridgehead atoms. The lowest BCUT2D eigenvalue weighted by Crippen LogP contribution is -2.37. The second kappa shape index (κ2) is 6.66. The van der Waals surface area contributed by atoms with Crippen molar-refractivity contribution in [2.45, 2.75) is 18.4 Å². The number of amidine groups is 1. The SMILES string of the molecule is N/C(=N/O)C(CNC1CCSC1)c1ccccc1. The number of hydrogen-bond donors (Lipinski definition) is 3. The number of hydrogen-bond acceptors (Lipinski definition) is 4. The molecule has 2 rings (SSSR count). The van der Waals surface area contributed by atoms with Gasteiger partial charge in [-0.15, -0.1) is 0 Å². The monoisotopic (exact) mass is 265 g/mol. The van der Waals surface area contributed by atoms with Crippen molar-refractivity contribution in [1.82, 2.24) is 5.32 Å². The van der Waals surface area contributed by atoms with Gasteiger partial charge in [0.1, 0.15) is 5.84 Å². The van der Waals surface area contributed by atoms with Crippen molar-refractivity contribution >= 4 is 17.6 Å². The average molecular weight is 265 g/mol. The molecular weight excluding hydrogens is 246 g/mol. The lowest BCUT2D eigenvalue weighted by atomic mass is 9.97. The molecule has 0 saturated carbocycles. The van der Waals surface area contributed by atoms with E-state index in [-0.39, 0.29) is 11.8 Å². The normalized spacial score (nSPS) is 22.0. The van der Waals surface area contributed by atoms with Crippen molar-refractivity contribution in [3.05, 3.63) is 35.9 Å². The van der Waals surface area contributed by atoms with Crippen LogP contribution in [0.1, 0.15) is 17.9 Å². The maximum Gasteiger partial charge on any atom is 0.147 e. The fraction of sp³-hybridized carbons (Fsp3) is 0.462. The van der Waals surface area contributed by atoms with Crippen LogP contribution in [-0.4, -0.2) is 35.1 Å². The maximum atomic E-state index is 8.89. The van der Waals surface area contributed by atoms with E-state index in [4.69, 9.17) is 10.9 Å². The van der Waals surface area contributed by atoms with Gasteiger partial charge in [0.25, 0.3) is 0 Å². The Morgan fingerprint density at radius 1 is 1.50 bits per heavy atom. The first-order valence-electron chi connectivity index (χ1n) is 6.14. The summed E-state index contributed by atoms with van der Waals surface area (Å²) in [7, 11) is 0. The minimum absolute atomic E-state index is 0.0678. The molecule has 2 unspecified atom stereocenters. The van der Waals surface area contributed by atoms with Gasteiger partial charge >= 0.3 is 0 Å². The lowest BCUT2D eigenvalue weighted by Gasteiger charge is -2.19. The predicted molar refractivity (Wildman–Crippen MR) is 76.3 cm³/mol. The van der Waals surface area contributed by atoms with Crippen molar-refractivity contribution in [3.8, 4) is 0 Å². The number of rotatable bonds is 5. The Balaban J connectivity index is 2.01. The van der Waals surface area contributed by atoms with Gasteiger partial charge in [0, 0.05) is 18.3 Å². The van der Waals surface area contributed by atoms with Crippen molar-refractivity contribution in [2.75, 3.05) is 18.1 Å². The van der Waals surface area contributed by atoms with Gasteiger partial charge in [-0.2, -0.15) is 11.8 Å². The van der Waals surface area contributed by atoms with E-state index in [1.54, 1.807) is 0 Å². The third-order valence-electron chi connectivity index (χ3n) is 3.21. The quantitative estimate of drug-likeness (QED) is 0.327. The molecule has 18 heavy (non-hydrogen) atoms. The molecule has 1 heterocycles. The number of thioether (sulfide) groups is 1. The van der Waals surface area contributed by atoms with Crippen LogP contribution < -0.4 is 11.1 Å². The first-order chi connectivity index (χ1) is 8.81. The number of nitrogens with two attached hydrogens (primary N) is 1. The van der Waals surface area contributed by atoms with Gasteiger partial charge in [0.15, 0.2) is 0 Å². The molecule has 4 N–H and O–H groups in total. The molecule has 0 spiro atoms. The molecule has 1 aromatic carbocycles. The molecule has 5 heteroatoms. The van der Waals surface area contributed by atoms with E-state index in [9.17, 15) is 0 Å². The topological polar surface area (TPSA) is 70.6 Å². The molecule has 0 aliphatic carbocycles. The Hall–Kier alpha value is -1.20. The van der Waals surface area contributed by atoms with Crippen LogP contribution in [0.5, 0.6) is 0 Å². The molecule has 1 aromatic rings. The molecule has 4 nitrogen and oxygen atoms in total. The Bertz CT molecular complexity index is 390. The highest BCUT2D eigenvalue weighted by Gasteiger charge is 2.20. The Kier molecular flexibility index (Phi) is 4.90. The molecule has 2 atom stereocenters. The zero-order valence-corrected chi connectivity index (χ0v) is 11.1. The van der Waals surface area contributed by atoms with Crippen LogP contribution >= 0.6 is 11.8 Å². The molecule has 1 saturated heterocycles. The van der Waals surface area contributed by atoms with Crippen LogP contribution in [0.25, 0.3) is 0 Å². The van der Waals surface area contributed by atoms with Gasteiger partial charge in [0.2, 0.25) is 0 Å². The molecular formula is C13H19N3OS. The summed E-state index contributed by atoms with van der Waals surface area (Å²) >= 11 is 1.97. The maximum absolute atomic E-state index is 8.89. The molecule has 1 fully saturated rings. The average Bonchev–Trinajstić information content (AvgIpc) is 2.93. The van der Waals surface area contributed by atoms with Crippen LogP contribution in [0.3, 0.4) is 0 Å². The highest BCUT2D eigenvalue weighted by atomic mass is 32.2. The second-order valence-electron chi connectivity index (χ2n) is 4.46. The van der Waals surface area contributed by atoms with E-state index >= 15 is 0 Å². The van der Waals surface area contributed by atoms with Crippen molar-refractivity contribution < 1.29 is 5.21 Å². The first kappa shape index (κ1) is 13.2. The van der Waals surface area contributed by atoms with Gasteiger partial charge in [-0.3, -0.25) is 0 Å². The minimum Gasteiger partial charge on any atom is -0.409 e. The highest BCUT2D eigenvalue weighted by molar-refractivity contribution is 7.99. The number of oxime groups is 1. The third kappa shape index (κ3) is 3.40. The third-order valence-corrected chi connectivity index (χ3v) is 4.38.